The van der Waals surface area contributed by atoms with Crippen molar-refractivity contribution in [3.8, 4) is 17.6 Å². The maximum atomic E-state index is 14.2. The van der Waals surface area contributed by atoms with Gasteiger partial charge in [0.25, 0.3) is 8.18 Å². The number of nitrogens with zero attached hydrogens (tertiary/aromatic N) is 4. The van der Waals surface area contributed by atoms with Gasteiger partial charge in [-0.2, -0.15) is 14.4 Å². The fourth-order valence-corrected chi connectivity index (χ4v) is 8.32. The molecule has 1 unspecified atom stereocenters. The summed E-state index contributed by atoms with van der Waals surface area (Å²) in [4.78, 5) is 24.9. The maximum absolute atomic E-state index is 14.2. The maximum Gasteiger partial charge on any atom is 0.323 e. The number of ether oxygens (including phenoxy) is 2. The van der Waals surface area contributed by atoms with Gasteiger partial charge in [-0.25, -0.2) is 10.1 Å². The molecule has 13 nitrogen and oxygen atoms in total. The van der Waals surface area contributed by atoms with Gasteiger partial charge < -0.3 is 29.9 Å². The Morgan fingerprint density at radius 1 is 0.983 bits per heavy atom. The normalized spacial score (nSPS) is 18.9. The number of phenolic OH excluding ortho intramolecular Hbond substituents is 1. The second-order valence-corrected chi connectivity index (χ2v) is 17.1. The number of nitrogens with two attached hydrogens (primary N) is 1. The van der Waals surface area contributed by atoms with Crippen LogP contribution in [0.15, 0.2) is 30.6 Å². The van der Waals surface area contributed by atoms with E-state index in [2.05, 4.69) is 45.7 Å². The van der Waals surface area contributed by atoms with Gasteiger partial charge in [-0.05, 0) is 44.7 Å². The first-order valence-corrected chi connectivity index (χ1v) is 23.3. The number of imidazole rings is 1. The third-order valence-electron chi connectivity index (χ3n) is 11.0. The van der Waals surface area contributed by atoms with Gasteiger partial charge in [0.05, 0.1) is 18.5 Å². The number of para-hydroxylation sites is 1. The molecule has 328 valence electrons. The molecule has 1 saturated heterocycles. The van der Waals surface area contributed by atoms with Crippen LogP contribution in [0.3, 0.4) is 0 Å². The van der Waals surface area contributed by atoms with Crippen molar-refractivity contribution in [2.45, 2.75) is 186 Å². The zero-order valence-electron chi connectivity index (χ0n) is 35.4. The van der Waals surface area contributed by atoms with Crippen molar-refractivity contribution in [1.82, 2.24) is 24.6 Å². The third-order valence-corrected chi connectivity index (χ3v) is 12.1. The molecule has 1 aromatic carbocycles. The summed E-state index contributed by atoms with van der Waals surface area (Å²) in [5.41, 5.74) is 4.56. The van der Waals surface area contributed by atoms with Gasteiger partial charge in [-0.1, -0.05) is 141 Å². The molecule has 59 heavy (non-hydrogen) atoms. The lowest BCUT2D eigenvalue weighted by atomic mass is 9.97. The average Bonchev–Trinajstić information content (AvgIpc) is 3.79. The topological polar surface area (TPSA) is 184 Å². The minimum atomic E-state index is -3.11. The first-order chi connectivity index (χ1) is 28.6. The number of aromatic nitrogens is 4. The SMILES string of the molecule is CCCCCCCCCCCC(CCCCCCCCCCC)OC(=O)[C@H](C)N[PH](=O)OC[C@@]1(C#Cc2ccccc2O)O[C@@H](n2cnc3c(N)nc(F)nc32)C[C@@H]1O. The van der Waals surface area contributed by atoms with Crippen LogP contribution in [-0.2, 0) is 23.4 Å². The molecule has 5 N–H and O–H groups in total. The van der Waals surface area contributed by atoms with Crippen LogP contribution in [0.4, 0.5) is 10.2 Å². The van der Waals surface area contributed by atoms with Crippen molar-refractivity contribution < 1.29 is 38.0 Å². The van der Waals surface area contributed by atoms with E-state index in [9.17, 15) is 24.0 Å². The lowest BCUT2D eigenvalue weighted by Gasteiger charge is -2.27. The van der Waals surface area contributed by atoms with Crippen LogP contribution in [0.2, 0.25) is 0 Å². The molecule has 3 heterocycles. The predicted molar refractivity (Wildman–Crippen MR) is 229 cm³/mol. The molecule has 0 amide bonds. The Labute approximate surface area is 350 Å². The summed E-state index contributed by atoms with van der Waals surface area (Å²) in [6.07, 6.45) is 21.2. The number of nitrogens with one attached hydrogen (secondary N) is 1. The van der Waals surface area contributed by atoms with Gasteiger partial charge in [0.2, 0.25) is 0 Å². The zero-order chi connectivity index (χ0) is 42.5. The number of hydrogen-bond acceptors (Lipinski definition) is 11. The van der Waals surface area contributed by atoms with Gasteiger partial charge in [-0.15, -0.1) is 0 Å². The molecule has 5 atom stereocenters. The summed E-state index contributed by atoms with van der Waals surface area (Å²) < 4.78 is 47.0. The first-order valence-electron chi connectivity index (χ1n) is 22.0. The van der Waals surface area contributed by atoms with Gasteiger partial charge in [0.15, 0.2) is 22.6 Å². The fraction of sp³-hybridized carbons (Fsp3) is 0.682. The van der Waals surface area contributed by atoms with Crippen molar-refractivity contribution in [3.63, 3.8) is 0 Å². The number of carbonyl (C=O) groups is 1. The molecule has 0 bridgehead atoms. The number of hydrogen-bond donors (Lipinski definition) is 4. The molecule has 1 aliphatic heterocycles. The number of unbranched alkanes of at least 4 members (excludes halogenated alkanes) is 16. The monoisotopic (exact) mass is 842 g/mol. The number of nitrogen functional groups attached to an aromatic ring is 1. The number of aliphatic hydroxyl groups excluding tert-OH is 1. The molecule has 0 saturated carbocycles. The van der Waals surface area contributed by atoms with E-state index in [-0.39, 0.29) is 40.8 Å². The smallest absolute Gasteiger partial charge is 0.323 e. The van der Waals surface area contributed by atoms with Crippen LogP contribution < -0.4 is 10.8 Å². The molecule has 4 rings (SSSR count). The van der Waals surface area contributed by atoms with E-state index in [1.54, 1.807) is 25.1 Å². The number of phenols is 1. The molecule has 15 heteroatoms. The van der Waals surface area contributed by atoms with Crippen LogP contribution in [-0.4, -0.2) is 66.2 Å². The Balaban J connectivity index is 1.35. The lowest BCUT2D eigenvalue weighted by Crippen LogP contribution is -2.43. The quantitative estimate of drug-likeness (QED) is 0.0179. The summed E-state index contributed by atoms with van der Waals surface area (Å²) in [6, 6.07) is 5.47. The predicted octanol–water partition coefficient (Wildman–Crippen LogP) is 9.46. The van der Waals surface area contributed by atoms with Crippen LogP contribution in [0.5, 0.6) is 5.75 Å². The Kier molecular flexibility index (Phi) is 21.1. The molecule has 3 aromatic rings. The van der Waals surface area contributed by atoms with Gasteiger partial charge >= 0.3 is 12.0 Å². The summed E-state index contributed by atoms with van der Waals surface area (Å²) >= 11 is 0. The van der Waals surface area contributed by atoms with Gasteiger partial charge in [-0.3, -0.25) is 13.9 Å². The molecule has 1 fully saturated rings. The molecular formula is C44H68FN6O7P. The lowest BCUT2D eigenvalue weighted by molar-refractivity contribution is -0.151. The van der Waals surface area contributed by atoms with E-state index in [1.807, 2.05) is 0 Å². The number of aliphatic hydroxyl groups is 1. The highest BCUT2D eigenvalue weighted by atomic mass is 31.1. The van der Waals surface area contributed by atoms with Crippen molar-refractivity contribution >= 4 is 31.1 Å². The highest BCUT2D eigenvalue weighted by molar-refractivity contribution is 7.36. The third kappa shape index (κ3) is 15.7. The molecule has 0 aliphatic carbocycles. The highest BCUT2D eigenvalue weighted by Crippen LogP contribution is 2.40. The summed E-state index contributed by atoms with van der Waals surface area (Å²) in [6.45, 7) is 5.57. The summed E-state index contributed by atoms with van der Waals surface area (Å²) in [5.74, 6) is 5.00. The summed E-state index contributed by atoms with van der Waals surface area (Å²) in [7, 11) is -3.11. The second-order valence-electron chi connectivity index (χ2n) is 15.9. The molecular weight excluding hydrogens is 774 g/mol. The highest BCUT2D eigenvalue weighted by Gasteiger charge is 2.49. The van der Waals surface area contributed by atoms with E-state index < -0.39 is 50.8 Å². The van der Waals surface area contributed by atoms with Gasteiger partial charge in [0.1, 0.15) is 30.2 Å². The van der Waals surface area contributed by atoms with Crippen molar-refractivity contribution in [2.24, 2.45) is 0 Å². The largest absolute Gasteiger partial charge is 0.507 e. The molecule has 2 aromatic heterocycles. The molecule has 1 aliphatic rings. The van der Waals surface area contributed by atoms with E-state index >= 15 is 0 Å². The molecule has 0 radical (unpaired) electrons. The Bertz CT molecular complexity index is 1780. The van der Waals surface area contributed by atoms with Crippen LogP contribution >= 0.6 is 8.18 Å². The van der Waals surface area contributed by atoms with Crippen LogP contribution in [0.25, 0.3) is 11.2 Å². The number of carbonyl (C=O) groups excluding carboxylic acids is 1. The minimum Gasteiger partial charge on any atom is -0.507 e. The first kappa shape index (κ1) is 48.1. The number of anilines is 1. The zero-order valence-corrected chi connectivity index (χ0v) is 36.4. The Morgan fingerprint density at radius 2 is 1.56 bits per heavy atom. The van der Waals surface area contributed by atoms with E-state index in [0.717, 1.165) is 38.5 Å². The fourth-order valence-electron chi connectivity index (χ4n) is 7.42. The average molecular weight is 843 g/mol. The Hall–Kier alpha value is -3.60. The van der Waals surface area contributed by atoms with Crippen molar-refractivity contribution in [2.75, 3.05) is 12.3 Å². The minimum absolute atomic E-state index is 0.0494. The number of fused-ring (bicyclic) bond motifs is 1. The number of halogens is 1. The Morgan fingerprint density at radius 3 is 2.15 bits per heavy atom. The van der Waals surface area contributed by atoms with E-state index in [1.165, 1.54) is 107 Å². The van der Waals surface area contributed by atoms with Crippen molar-refractivity contribution in [1.29, 1.82) is 0 Å². The summed E-state index contributed by atoms with van der Waals surface area (Å²) in [5, 5.41) is 24.5. The second kappa shape index (κ2) is 25.9. The van der Waals surface area contributed by atoms with Crippen LogP contribution in [0.1, 0.15) is 167 Å². The standard InChI is InChI=1S/C44H68FN6O7P/c1-4-6-8-10-12-14-16-18-20-25-35(26-21-19-17-15-13-11-9-7-5-2)57-42(54)33(3)50-59(55)56-31-44(29-28-34-24-22-23-27-36(34)52)37(53)30-38(58-44)51-32-47-39-40(46)48-43(45)49-41(39)51/h22-24,27,32-33,35,37-38,52-53,59H,4-21,25-26,30-31H2,1-3H3,(H,50,55)(H2,46,48,49)/t33-,37-,38+,44+/m0/s1. The van der Waals surface area contributed by atoms with Gasteiger partial charge in [0, 0.05) is 6.42 Å². The number of benzene rings is 1. The van der Waals surface area contributed by atoms with E-state index in [0.29, 0.717) is 0 Å². The van der Waals surface area contributed by atoms with Crippen LogP contribution in [0, 0.1) is 17.9 Å². The number of rotatable bonds is 28. The van der Waals surface area contributed by atoms with Crippen molar-refractivity contribution in [3.05, 3.63) is 42.2 Å². The molecule has 0 spiro atoms. The van der Waals surface area contributed by atoms with E-state index in [4.69, 9.17) is 19.7 Å². The number of aromatic hydroxyl groups is 1. The number of esters is 1.